The Morgan fingerprint density at radius 2 is 2.33 bits per heavy atom. The number of aryl methyl sites for hydroxylation is 1. The highest BCUT2D eigenvalue weighted by Gasteiger charge is 2.06. The second kappa shape index (κ2) is 5.72. The lowest BCUT2D eigenvalue weighted by atomic mass is 10.2. The van der Waals surface area contributed by atoms with Crippen molar-refractivity contribution in [2.75, 3.05) is 6.54 Å². The number of amides is 1. The Labute approximate surface area is 113 Å². The molecule has 1 amide bonds. The first-order chi connectivity index (χ1) is 8.65. The SMILES string of the molecule is Cn1cnc(CCNC(=O)c2cncc(Br)c2)n1. The summed E-state index contributed by atoms with van der Waals surface area (Å²) in [7, 11) is 1.81. The van der Waals surface area contributed by atoms with Crippen LogP contribution in [0, 0.1) is 0 Å². The topological polar surface area (TPSA) is 72.7 Å². The number of hydrogen-bond donors (Lipinski definition) is 1. The molecule has 0 saturated heterocycles. The highest BCUT2D eigenvalue weighted by Crippen LogP contribution is 2.09. The highest BCUT2D eigenvalue weighted by atomic mass is 79.9. The van der Waals surface area contributed by atoms with Gasteiger partial charge >= 0.3 is 0 Å². The van der Waals surface area contributed by atoms with Crippen LogP contribution in [0.25, 0.3) is 0 Å². The number of halogens is 1. The van der Waals surface area contributed by atoms with Gasteiger partial charge in [0.1, 0.15) is 6.33 Å². The zero-order valence-corrected chi connectivity index (χ0v) is 11.4. The van der Waals surface area contributed by atoms with Gasteiger partial charge in [-0.05, 0) is 22.0 Å². The molecule has 0 radical (unpaired) electrons. The van der Waals surface area contributed by atoms with E-state index in [9.17, 15) is 4.79 Å². The van der Waals surface area contributed by atoms with Crippen LogP contribution in [-0.2, 0) is 13.5 Å². The van der Waals surface area contributed by atoms with E-state index in [2.05, 4.69) is 36.3 Å². The lowest BCUT2D eigenvalue weighted by Crippen LogP contribution is -2.26. The van der Waals surface area contributed by atoms with Gasteiger partial charge in [-0.2, -0.15) is 5.10 Å². The van der Waals surface area contributed by atoms with Crippen molar-refractivity contribution in [1.29, 1.82) is 0 Å². The number of carbonyl (C=O) groups is 1. The van der Waals surface area contributed by atoms with E-state index in [4.69, 9.17) is 0 Å². The summed E-state index contributed by atoms with van der Waals surface area (Å²) in [6, 6.07) is 1.72. The predicted molar refractivity (Wildman–Crippen MR) is 69.0 cm³/mol. The number of hydrogen-bond acceptors (Lipinski definition) is 4. The minimum Gasteiger partial charge on any atom is -0.352 e. The third-order valence-corrected chi connectivity index (χ3v) is 2.68. The summed E-state index contributed by atoms with van der Waals surface area (Å²) in [5, 5.41) is 6.92. The van der Waals surface area contributed by atoms with Crippen LogP contribution in [0.1, 0.15) is 16.2 Å². The van der Waals surface area contributed by atoms with E-state index in [1.165, 1.54) is 6.20 Å². The Morgan fingerprint density at radius 1 is 1.50 bits per heavy atom. The van der Waals surface area contributed by atoms with Crippen LogP contribution in [0.5, 0.6) is 0 Å². The van der Waals surface area contributed by atoms with Gasteiger partial charge in [-0.3, -0.25) is 14.5 Å². The largest absolute Gasteiger partial charge is 0.352 e. The zero-order chi connectivity index (χ0) is 13.0. The Hall–Kier alpha value is -1.76. The Kier molecular flexibility index (Phi) is 4.03. The molecular formula is C11H12BrN5O. The van der Waals surface area contributed by atoms with Gasteiger partial charge in [-0.1, -0.05) is 0 Å². The average Bonchev–Trinajstić information content (AvgIpc) is 2.75. The van der Waals surface area contributed by atoms with Crippen molar-refractivity contribution in [2.45, 2.75) is 6.42 Å². The highest BCUT2D eigenvalue weighted by molar-refractivity contribution is 9.10. The summed E-state index contributed by atoms with van der Waals surface area (Å²) in [5.74, 6) is 0.560. The van der Waals surface area contributed by atoms with E-state index in [1.54, 1.807) is 23.3 Å². The number of rotatable bonds is 4. The first kappa shape index (κ1) is 12.7. The monoisotopic (exact) mass is 309 g/mol. The van der Waals surface area contributed by atoms with Crippen molar-refractivity contribution in [3.05, 3.63) is 40.6 Å². The predicted octanol–water partition coefficient (Wildman–Crippen LogP) is 0.945. The quantitative estimate of drug-likeness (QED) is 0.912. The maximum atomic E-state index is 11.8. The van der Waals surface area contributed by atoms with Gasteiger partial charge in [0.05, 0.1) is 5.56 Å². The normalized spacial score (nSPS) is 10.3. The summed E-state index contributed by atoms with van der Waals surface area (Å²) in [6.45, 7) is 0.495. The fraction of sp³-hybridized carbons (Fsp3) is 0.273. The lowest BCUT2D eigenvalue weighted by molar-refractivity contribution is 0.0953. The van der Waals surface area contributed by atoms with Crippen LogP contribution in [0.2, 0.25) is 0 Å². The van der Waals surface area contributed by atoms with Crippen LogP contribution >= 0.6 is 15.9 Å². The number of carbonyl (C=O) groups excluding carboxylic acids is 1. The summed E-state index contributed by atoms with van der Waals surface area (Å²) in [6.07, 6.45) is 5.40. The number of aromatic nitrogens is 4. The molecule has 18 heavy (non-hydrogen) atoms. The van der Waals surface area contributed by atoms with Crippen molar-refractivity contribution < 1.29 is 4.79 Å². The van der Waals surface area contributed by atoms with Crippen LogP contribution in [0.3, 0.4) is 0 Å². The standard InChI is InChI=1S/C11H12BrN5O/c1-17-7-15-10(16-17)2-3-14-11(18)8-4-9(12)6-13-5-8/h4-7H,2-3H2,1H3,(H,14,18). The molecular weight excluding hydrogens is 298 g/mol. The van der Waals surface area contributed by atoms with E-state index in [-0.39, 0.29) is 5.91 Å². The van der Waals surface area contributed by atoms with Gasteiger partial charge in [-0.25, -0.2) is 4.98 Å². The molecule has 6 nitrogen and oxygen atoms in total. The molecule has 0 aliphatic heterocycles. The Balaban J connectivity index is 1.85. The van der Waals surface area contributed by atoms with Gasteiger partial charge in [0.15, 0.2) is 5.82 Å². The van der Waals surface area contributed by atoms with Crippen molar-refractivity contribution in [3.63, 3.8) is 0 Å². The molecule has 2 heterocycles. The minimum atomic E-state index is -0.153. The first-order valence-corrected chi connectivity index (χ1v) is 6.18. The van der Waals surface area contributed by atoms with E-state index in [1.807, 2.05) is 7.05 Å². The first-order valence-electron chi connectivity index (χ1n) is 5.38. The maximum Gasteiger partial charge on any atom is 0.252 e. The van der Waals surface area contributed by atoms with Gasteiger partial charge in [0, 0.05) is 36.9 Å². The van der Waals surface area contributed by atoms with E-state index >= 15 is 0 Å². The number of nitrogens with one attached hydrogen (secondary N) is 1. The summed E-state index contributed by atoms with van der Waals surface area (Å²) >= 11 is 3.27. The van der Waals surface area contributed by atoms with Crippen LogP contribution in [-0.4, -0.2) is 32.2 Å². The third-order valence-electron chi connectivity index (χ3n) is 2.25. The fourth-order valence-corrected chi connectivity index (χ4v) is 1.79. The van der Waals surface area contributed by atoms with Crippen molar-refractivity contribution >= 4 is 21.8 Å². The van der Waals surface area contributed by atoms with Crippen LogP contribution < -0.4 is 5.32 Å². The van der Waals surface area contributed by atoms with E-state index in [0.717, 1.165) is 4.47 Å². The molecule has 0 atom stereocenters. The molecule has 7 heteroatoms. The molecule has 0 unspecified atom stereocenters. The maximum absolute atomic E-state index is 11.8. The molecule has 1 N–H and O–H groups in total. The molecule has 2 aromatic rings. The van der Waals surface area contributed by atoms with Crippen molar-refractivity contribution in [1.82, 2.24) is 25.1 Å². The van der Waals surface area contributed by atoms with E-state index in [0.29, 0.717) is 24.4 Å². The van der Waals surface area contributed by atoms with Gasteiger partial charge in [-0.15, -0.1) is 0 Å². The molecule has 0 aliphatic rings. The zero-order valence-electron chi connectivity index (χ0n) is 9.80. The third kappa shape index (κ3) is 3.36. The molecule has 2 rings (SSSR count). The molecule has 0 fully saturated rings. The summed E-state index contributed by atoms with van der Waals surface area (Å²) < 4.78 is 2.41. The molecule has 2 aromatic heterocycles. The van der Waals surface area contributed by atoms with Crippen LogP contribution in [0.4, 0.5) is 0 Å². The van der Waals surface area contributed by atoms with E-state index < -0.39 is 0 Å². The minimum absolute atomic E-state index is 0.153. The average molecular weight is 310 g/mol. The molecule has 0 aliphatic carbocycles. The Bertz CT molecular complexity index is 554. The van der Waals surface area contributed by atoms with Crippen molar-refractivity contribution in [2.24, 2.45) is 7.05 Å². The Morgan fingerprint density at radius 3 is 3.00 bits per heavy atom. The number of pyridine rings is 1. The van der Waals surface area contributed by atoms with Gasteiger partial charge in [0.2, 0.25) is 0 Å². The van der Waals surface area contributed by atoms with Crippen LogP contribution in [0.15, 0.2) is 29.3 Å². The second-order valence-corrected chi connectivity index (χ2v) is 4.65. The fourth-order valence-electron chi connectivity index (χ4n) is 1.42. The molecule has 0 spiro atoms. The summed E-state index contributed by atoms with van der Waals surface area (Å²) in [5.41, 5.74) is 0.526. The lowest BCUT2D eigenvalue weighted by Gasteiger charge is -2.03. The van der Waals surface area contributed by atoms with Gasteiger partial charge in [0.25, 0.3) is 5.91 Å². The molecule has 0 saturated carbocycles. The van der Waals surface area contributed by atoms with Gasteiger partial charge < -0.3 is 5.32 Å². The molecule has 0 aromatic carbocycles. The smallest absolute Gasteiger partial charge is 0.252 e. The molecule has 94 valence electrons. The number of nitrogens with zero attached hydrogens (tertiary/aromatic N) is 4. The second-order valence-electron chi connectivity index (χ2n) is 3.73. The van der Waals surface area contributed by atoms with Crippen molar-refractivity contribution in [3.8, 4) is 0 Å². The summed E-state index contributed by atoms with van der Waals surface area (Å²) in [4.78, 5) is 19.8. The molecule has 0 bridgehead atoms.